The Morgan fingerprint density at radius 3 is 2.62 bits per heavy atom. The second-order valence-corrected chi connectivity index (χ2v) is 7.23. The summed E-state index contributed by atoms with van der Waals surface area (Å²) in [7, 11) is 0. The van der Waals surface area contributed by atoms with Gasteiger partial charge in [-0.2, -0.15) is 0 Å². The van der Waals surface area contributed by atoms with Crippen molar-refractivity contribution in [3.8, 4) is 0 Å². The van der Waals surface area contributed by atoms with Gasteiger partial charge in [0, 0.05) is 11.6 Å². The number of carboxylic acid groups (broad SMARTS) is 1. The van der Waals surface area contributed by atoms with Crippen LogP contribution in [-0.4, -0.2) is 29.6 Å². The number of carbonyl (C=O) groups excluding carboxylic acids is 1. The molecule has 1 amide bonds. The SMILES string of the molecule is N[C@H](Cc1cccc(Cl)c1)C(=O)NCC1(CC(=O)O)CCCCC1. The minimum Gasteiger partial charge on any atom is -0.481 e. The molecule has 132 valence electrons. The van der Waals surface area contributed by atoms with E-state index in [4.69, 9.17) is 17.3 Å². The third-order valence-electron chi connectivity index (χ3n) is 4.76. The molecule has 1 fully saturated rings. The van der Waals surface area contributed by atoms with E-state index in [0.29, 0.717) is 18.0 Å². The van der Waals surface area contributed by atoms with Crippen molar-refractivity contribution in [1.29, 1.82) is 0 Å². The monoisotopic (exact) mass is 352 g/mol. The van der Waals surface area contributed by atoms with Crippen molar-refractivity contribution in [1.82, 2.24) is 5.32 Å². The highest BCUT2D eigenvalue weighted by Gasteiger charge is 2.35. The molecule has 6 heteroatoms. The largest absolute Gasteiger partial charge is 0.481 e. The number of nitrogens with one attached hydrogen (secondary N) is 1. The molecule has 24 heavy (non-hydrogen) atoms. The lowest BCUT2D eigenvalue weighted by Crippen LogP contribution is -2.47. The van der Waals surface area contributed by atoms with Crippen LogP contribution in [0.5, 0.6) is 0 Å². The maximum absolute atomic E-state index is 12.3. The Morgan fingerprint density at radius 1 is 1.29 bits per heavy atom. The second-order valence-electron chi connectivity index (χ2n) is 6.79. The van der Waals surface area contributed by atoms with Gasteiger partial charge in [0.2, 0.25) is 5.91 Å². The molecule has 0 spiro atoms. The van der Waals surface area contributed by atoms with Gasteiger partial charge in [0.05, 0.1) is 12.5 Å². The van der Waals surface area contributed by atoms with E-state index in [2.05, 4.69) is 5.32 Å². The molecule has 0 bridgehead atoms. The predicted molar refractivity (Wildman–Crippen MR) is 93.9 cm³/mol. The highest BCUT2D eigenvalue weighted by molar-refractivity contribution is 6.30. The van der Waals surface area contributed by atoms with Gasteiger partial charge in [-0.15, -0.1) is 0 Å². The fourth-order valence-corrected chi connectivity index (χ4v) is 3.67. The molecule has 0 saturated heterocycles. The minimum absolute atomic E-state index is 0.0941. The predicted octanol–water partition coefficient (Wildman–Crippen LogP) is 2.75. The molecule has 1 saturated carbocycles. The first-order chi connectivity index (χ1) is 11.4. The van der Waals surface area contributed by atoms with Crippen LogP contribution in [0.15, 0.2) is 24.3 Å². The Hall–Kier alpha value is -1.59. The molecule has 1 aliphatic carbocycles. The summed E-state index contributed by atoms with van der Waals surface area (Å²) in [6.45, 7) is 0.376. The lowest BCUT2D eigenvalue weighted by molar-refractivity contribution is -0.140. The van der Waals surface area contributed by atoms with E-state index in [1.807, 2.05) is 12.1 Å². The molecule has 1 aromatic rings. The molecule has 2 rings (SSSR count). The Morgan fingerprint density at radius 2 is 2.00 bits per heavy atom. The van der Waals surface area contributed by atoms with Crippen LogP contribution in [0.25, 0.3) is 0 Å². The number of carbonyl (C=O) groups is 2. The topological polar surface area (TPSA) is 92.4 Å². The zero-order valence-corrected chi connectivity index (χ0v) is 14.5. The molecule has 0 unspecified atom stereocenters. The molecule has 0 aromatic heterocycles. The van der Waals surface area contributed by atoms with Crippen LogP contribution in [0.2, 0.25) is 5.02 Å². The number of benzene rings is 1. The van der Waals surface area contributed by atoms with E-state index in [-0.39, 0.29) is 17.7 Å². The lowest BCUT2D eigenvalue weighted by Gasteiger charge is -2.36. The van der Waals surface area contributed by atoms with Crippen molar-refractivity contribution in [2.75, 3.05) is 6.54 Å². The average Bonchev–Trinajstić information content (AvgIpc) is 2.53. The fraction of sp³-hybridized carbons (Fsp3) is 0.556. The van der Waals surface area contributed by atoms with Crippen molar-refractivity contribution in [2.24, 2.45) is 11.1 Å². The standard InChI is InChI=1S/C18H25ClN2O3/c19-14-6-4-5-13(9-14)10-15(20)17(24)21-12-18(11-16(22)23)7-2-1-3-8-18/h4-6,9,15H,1-3,7-8,10-12,20H2,(H,21,24)(H,22,23)/t15-/m1/s1. The van der Waals surface area contributed by atoms with Crippen molar-refractivity contribution in [3.63, 3.8) is 0 Å². The number of carboxylic acids is 1. The number of hydrogen-bond acceptors (Lipinski definition) is 3. The number of hydrogen-bond donors (Lipinski definition) is 3. The molecule has 1 aromatic carbocycles. The van der Waals surface area contributed by atoms with Gasteiger partial charge < -0.3 is 16.2 Å². The average molecular weight is 353 g/mol. The van der Waals surface area contributed by atoms with Gasteiger partial charge >= 0.3 is 5.97 Å². The molecule has 1 atom stereocenters. The molecule has 1 aliphatic rings. The quantitative estimate of drug-likeness (QED) is 0.703. The highest BCUT2D eigenvalue weighted by atomic mass is 35.5. The Bertz CT molecular complexity index is 585. The van der Waals surface area contributed by atoms with Crippen LogP contribution < -0.4 is 11.1 Å². The first kappa shape index (κ1) is 18.7. The Balaban J connectivity index is 1.91. The van der Waals surface area contributed by atoms with E-state index in [1.54, 1.807) is 12.1 Å². The first-order valence-electron chi connectivity index (χ1n) is 8.40. The van der Waals surface area contributed by atoms with Crippen LogP contribution >= 0.6 is 11.6 Å². The smallest absolute Gasteiger partial charge is 0.303 e. The van der Waals surface area contributed by atoms with Crippen LogP contribution in [-0.2, 0) is 16.0 Å². The van der Waals surface area contributed by atoms with Gasteiger partial charge in [-0.25, -0.2) is 0 Å². The molecule has 5 nitrogen and oxygen atoms in total. The third kappa shape index (κ3) is 5.49. The first-order valence-corrected chi connectivity index (χ1v) is 8.78. The molecule has 0 heterocycles. The van der Waals surface area contributed by atoms with Crippen LogP contribution in [0.3, 0.4) is 0 Å². The lowest BCUT2D eigenvalue weighted by atomic mass is 9.71. The number of rotatable bonds is 7. The number of aliphatic carboxylic acids is 1. The molecule has 4 N–H and O–H groups in total. The summed E-state index contributed by atoms with van der Waals surface area (Å²) in [5.74, 6) is -1.06. The molecular formula is C18H25ClN2O3. The zero-order valence-electron chi connectivity index (χ0n) is 13.8. The maximum atomic E-state index is 12.3. The fourth-order valence-electron chi connectivity index (χ4n) is 3.45. The van der Waals surface area contributed by atoms with E-state index >= 15 is 0 Å². The highest BCUT2D eigenvalue weighted by Crippen LogP contribution is 2.38. The summed E-state index contributed by atoms with van der Waals surface area (Å²) >= 11 is 5.94. The normalized spacial score (nSPS) is 17.9. The van der Waals surface area contributed by atoms with Crippen LogP contribution in [0, 0.1) is 5.41 Å². The van der Waals surface area contributed by atoms with Gasteiger partial charge in [-0.05, 0) is 42.4 Å². The van der Waals surface area contributed by atoms with Crippen LogP contribution in [0.4, 0.5) is 0 Å². The van der Waals surface area contributed by atoms with Crippen molar-refractivity contribution in [3.05, 3.63) is 34.9 Å². The van der Waals surface area contributed by atoms with Crippen molar-refractivity contribution < 1.29 is 14.7 Å². The maximum Gasteiger partial charge on any atom is 0.303 e. The minimum atomic E-state index is -0.811. The summed E-state index contributed by atoms with van der Waals surface area (Å²) in [6, 6.07) is 6.60. The van der Waals surface area contributed by atoms with Gasteiger partial charge in [0.15, 0.2) is 0 Å². The Labute approximate surface area is 147 Å². The molecule has 0 radical (unpaired) electrons. The van der Waals surface area contributed by atoms with Gasteiger partial charge in [0.1, 0.15) is 0 Å². The summed E-state index contributed by atoms with van der Waals surface area (Å²) in [4.78, 5) is 23.5. The molecular weight excluding hydrogens is 328 g/mol. The molecule has 0 aliphatic heterocycles. The van der Waals surface area contributed by atoms with Gasteiger partial charge in [0.25, 0.3) is 0 Å². The van der Waals surface area contributed by atoms with E-state index < -0.39 is 12.0 Å². The van der Waals surface area contributed by atoms with E-state index in [0.717, 1.165) is 37.7 Å². The number of amides is 1. The zero-order chi connectivity index (χ0) is 17.6. The third-order valence-corrected chi connectivity index (χ3v) is 4.99. The number of halogens is 1. The van der Waals surface area contributed by atoms with Crippen LogP contribution in [0.1, 0.15) is 44.1 Å². The summed E-state index contributed by atoms with van der Waals surface area (Å²) < 4.78 is 0. The summed E-state index contributed by atoms with van der Waals surface area (Å²) in [5, 5.41) is 12.7. The summed E-state index contributed by atoms with van der Waals surface area (Å²) in [5.41, 5.74) is 6.56. The van der Waals surface area contributed by atoms with Crippen molar-refractivity contribution >= 4 is 23.5 Å². The van der Waals surface area contributed by atoms with E-state index in [9.17, 15) is 14.7 Å². The summed E-state index contributed by atoms with van der Waals surface area (Å²) in [6.07, 6.45) is 5.32. The van der Waals surface area contributed by atoms with Gasteiger partial charge in [-0.1, -0.05) is 43.0 Å². The van der Waals surface area contributed by atoms with Gasteiger partial charge in [-0.3, -0.25) is 9.59 Å². The number of nitrogens with two attached hydrogens (primary N) is 1. The van der Waals surface area contributed by atoms with E-state index in [1.165, 1.54) is 0 Å². The second kappa shape index (κ2) is 8.49. The van der Waals surface area contributed by atoms with Crippen molar-refractivity contribution in [2.45, 2.75) is 51.0 Å². The Kier molecular flexibility index (Phi) is 6.63.